The first-order valence-electron chi connectivity index (χ1n) is 8.56. The number of amides is 1. The van der Waals surface area contributed by atoms with Crippen molar-refractivity contribution in [2.45, 2.75) is 31.7 Å². The molecular formula is C18H22ClNO5. The van der Waals surface area contributed by atoms with Crippen LogP contribution in [-0.4, -0.2) is 54.3 Å². The molecule has 0 aliphatic carbocycles. The van der Waals surface area contributed by atoms with E-state index in [4.69, 9.17) is 26.2 Å². The Hall–Kier alpha value is -1.79. The first kappa shape index (κ1) is 18.0. The van der Waals surface area contributed by atoms with Crippen LogP contribution in [0.1, 0.15) is 24.8 Å². The summed E-state index contributed by atoms with van der Waals surface area (Å²) in [5, 5.41) is 9.63. The molecule has 1 saturated heterocycles. The Morgan fingerprint density at radius 2 is 2.04 bits per heavy atom. The fourth-order valence-electron chi connectivity index (χ4n) is 3.44. The predicted molar refractivity (Wildman–Crippen MR) is 91.9 cm³/mol. The van der Waals surface area contributed by atoms with E-state index in [0.29, 0.717) is 31.3 Å². The van der Waals surface area contributed by atoms with Crippen LogP contribution in [0.4, 0.5) is 0 Å². The van der Waals surface area contributed by atoms with Crippen molar-refractivity contribution in [2.24, 2.45) is 5.92 Å². The van der Waals surface area contributed by atoms with Crippen molar-refractivity contribution in [2.75, 3.05) is 26.4 Å². The highest BCUT2D eigenvalue weighted by atomic mass is 35.5. The van der Waals surface area contributed by atoms with E-state index in [-0.39, 0.29) is 30.8 Å². The summed E-state index contributed by atoms with van der Waals surface area (Å²) >= 11 is 6.04. The quantitative estimate of drug-likeness (QED) is 0.864. The molecule has 7 heteroatoms. The molecule has 3 rings (SSSR count). The Bertz CT molecular complexity index is 644. The molecule has 1 N–H and O–H groups in total. The fraction of sp³-hybridized carbons (Fsp3) is 0.556. The maximum atomic E-state index is 13.1. The van der Waals surface area contributed by atoms with Gasteiger partial charge in [-0.3, -0.25) is 9.59 Å². The van der Waals surface area contributed by atoms with Gasteiger partial charge in [0.15, 0.2) is 0 Å². The summed E-state index contributed by atoms with van der Waals surface area (Å²) in [6.45, 7) is 1.72. The van der Waals surface area contributed by atoms with E-state index in [1.807, 2.05) is 12.1 Å². The number of ether oxygens (including phenoxy) is 2. The number of fused-ring (bicyclic) bond motifs is 1. The monoisotopic (exact) mass is 367 g/mol. The van der Waals surface area contributed by atoms with E-state index in [9.17, 15) is 9.59 Å². The Morgan fingerprint density at radius 1 is 1.28 bits per heavy atom. The molecule has 136 valence electrons. The Morgan fingerprint density at radius 3 is 2.76 bits per heavy atom. The van der Waals surface area contributed by atoms with Crippen LogP contribution in [0.2, 0.25) is 5.02 Å². The van der Waals surface area contributed by atoms with Crippen molar-refractivity contribution in [3.63, 3.8) is 0 Å². The highest BCUT2D eigenvalue weighted by Gasteiger charge is 2.34. The number of carbonyl (C=O) groups excluding carboxylic acids is 1. The number of benzene rings is 1. The summed E-state index contributed by atoms with van der Waals surface area (Å²) in [4.78, 5) is 25.8. The predicted octanol–water partition coefficient (Wildman–Crippen LogP) is 2.37. The zero-order valence-electron chi connectivity index (χ0n) is 13.9. The zero-order valence-corrected chi connectivity index (χ0v) is 14.7. The Kier molecular flexibility index (Phi) is 5.81. The topological polar surface area (TPSA) is 76.1 Å². The first-order chi connectivity index (χ1) is 12.0. The second-order valence-corrected chi connectivity index (χ2v) is 6.92. The van der Waals surface area contributed by atoms with Gasteiger partial charge in [0, 0.05) is 30.8 Å². The summed E-state index contributed by atoms with van der Waals surface area (Å²) in [6, 6.07) is 5.44. The first-order valence-corrected chi connectivity index (χ1v) is 8.93. The molecule has 2 aliphatic rings. The van der Waals surface area contributed by atoms with Gasteiger partial charge in [0.05, 0.1) is 12.3 Å². The number of hydrogen-bond donors (Lipinski definition) is 1. The summed E-state index contributed by atoms with van der Waals surface area (Å²) in [5.41, 5.74) is 0.919. The summed E-state index contributed by atoms with van der Waals surface area (Å²) in [5.74, 6) is -0.500. The smallest absolute Gasteiger partial charge is 0.305 e. The van der Waals surface area contributed by atoms with Gasteiger partial charge in [-0.05, 0) is 43.0 Å². The lowest BCUT2D eigenvalue weighted by atomic mass is 9.94. The third kappa shape index (κ3) is 4.44. The highest BCUT2D eigenvalue weighted by Crippen LogP contribution is 2.31. The second kappa shape index (κ2) is 8.06. The molecule has 0 aromatic heterocycles. The van der Waals surface area contributed by atoms with Crippen LogP contribution >= 0.6 is 11.6 Å². The number of hydrogen-bond acceptors (Lipinski definition) is 4. The second-order valence-electron chi connectivity index (χ2n) is 6.48. The third-order valence-electron chi connectivity index (χ3n) is 4.76. The van der Waals surface area contributed by atoms with E-state index in [2.05, 4.69) is 0 Å². The number of carboxylic acids is 1. The van der Waals surface area contributed by atoms with Crippen LogP contribution in [-0.2, 0) is 20.7 Å². The van der Waals surface area contributed by atoms with Crippen LogP contribution in [0, 0.1) is 5.92 Å². The average molecular weight is 368 g/mol. The molecule has 0 spiro atoms. The van der Waals surface area contributed by atoms with Crippen LogP contribution in [0.25, 0.3) is 0 Å². The maximum Gasteiger partial charge on any atom is 0.305 e. The van der Waals surface area contributed by atoms with Crippen LogP contribution in [0.5, 0.6) is 5.75 Å². The van der Waals surface area contributed by atoms with Crippen LogP contribution in [0.15, 0.2) is 18.2 Å². The van der Waals surface area contributed by atoms with Crippen molar-refractivity contribution in [1.82, 2.24) is 4.90 Å². The molecule has 0 bridgehead atoms. The minimum absolute atomic E-state index is 0.0290. The lowest BCUT2D eigenvalue weighted by Gasteiger charge is -2.37. The molecule has 2 heterocycles. The number of carbonyl (C=O) groups is 2. The van der Waals surface area contributed by atoms with E-state index in [0.717, 1.165) is 24.2 Å². The number of aliphatic carboxylic acids is 1. The van der Waals surface area contributed by atoms with Crippen LogP contribution in [0.3, 0.4) is 0 Å². The molecule has 2 aliphatic heterocycles. The standard InChI is InChI=1S/C18H22ClNO5/c19-14-1-2-16-12(10-14)9-13(11-25-16)18(23)20(6-3-17(21)22)15-4-7-24-8-5-15/h1-2,10,13,15H,3-9,11H2,(H,21,22)/t13-/m1/s1. The molecular weight excluding hydrogens is 346 g/mol. The van der Waals surface area contributed by atoms with Crippen molar-refractivity contribution in [3.05, 3.63) is 28.8 Å². The zero-order chi connectivity index (χ0) is 17.8. The molecule has 1 aromatic rings. The summed E-state index contributed by atoms with van der Waals surface area (Å²) in [7, 11) is 0. The normalized spacial score (nSPS) is 20.4. The Balaban J connectivity index is 1.73. The van der Waals surface area contributed by atoms with Crippen molar-refractivity contribution in [3.8, 4) is 5.75 Å². The lowest BCUT2D eigenvalue weighted by molar-refractivity contribution is -0.143. The van der Waals surface area contributed by atoms with E-state index in [1.54, 1.807) is 11.0 Å². The van der Waals surface area contributed by atoms with Gasteiger partial charge in [-0.25, -0.2) is 0 Å². The van der Waals surface area contributed by atoms with Gasteiger partial charge in [0.25, 0.3) is 0 Å². The lowest BCUT2D eigenvalue weighted by Crippen LogP contribution is -2.49. The van der Waals surface area contributed by atoms with E-state index < -0.39 is 5.97 Å². The maximum absolute atomic E-state index is 13.1. The molecule has 6 nitrogen and oxygen atoms in total. The molecule has 1 aromatic carbocycles. The van der Waals surface area contributed by atoms with Crippen molar-refractivity contribution in [1.29, 1.82) is 0 Å². The minimum Gasteiger partial charge on any atom is -0.492 e. The number of halogens is 1. The van der Waals surface area contributed by atoms with E-state index >= 15 is 0 Å². The largest absolute Gasteiger partial charge is 0.492 e. The minimum atomic E-state index is -0.901. The van der Waals surface area contributed by atoms with Gasteiger partial charge in [-0.15, -0.1) is 0 Å². The number of nitrogens with zero attached hydrogens (tertiary/aromatic N) is 1. The molecule has 0 saturated carbocycles. The summed E-state index contributed by atoms with van der Waals surface area (Å²) < 4.78 is 11.1. The SMILES string of the molecule is O=C(O)CCN(C(=O)[C@H]1COc2ccc(Cl)cc2C1)C1CCOCC1. The third-order valence-corrected chi connectivity index (χ3v) is 4.99. The molecule has 0 radical (unpaired) electrons. The average Bonchev–Trinajstić information content (AvgIpc) is 2.61. The molecule has 0 unspecified atom stereocenters. The molecule has 1 amide bonds. The highest BCUT2D eigenvalue weighted by molar-refractivity contribution is 6.30. The molecule has 1 atom stereocenters. The van der Waals surface area contributed by atoms with Gasteiger partial charge in [0.2, 0.25) is 5.91 Å². The van der Waals surface area contributed by atoms with Gasteiger partial charge in [-0.2, -0.15) is 0 Å². The number of carboxylic acid groups (broad SMARTS) is 1. The fourth-order valence-corrected chi connectivity index (χ4v) is 3.64. The molecule has 25 heavy (non-hydrogen) atoms. The van der Waals surface area contributed by atoms with E-state index in [1.165, 1.54) is 0 Å². The number of rotatable bonds is 5. The van der Waals surface area contributed by atoms with Gasteiger partial charge < -0.3 is 19.5 Å². The van der Waals surface area contributed by atoms with Gasteiger partial charge in [-0.1, -0.05) is 11.6 Å². The van der Waals surface area contributed by atoms with Crippen molar-refractivity contribution >= 4 is 23.5 Å². The van der Waals surface area contributed by atoms with Crippen LogP contribution < -0.4 is 4.74 Å². The summed E-state index contributed by atoms with van der Waals surface area (Å²) in [6.07, 6.45) is 1.98. The van der Waals surface area contributed by atoms with Gasteiger partial charge >= 0.3 is 5.97 Å². The Labute approximate surface area is 151 Å². The molecule has 1 fully saturated rings. The van der Waals surface area contributed by atoms with Crippen molar-refractivity contribution < 1.29 is 24.2 Å². The van der Waals surface area contributed by atoms with Gasteiger partial charge in [0.1, 0.15) is 12.4 Å².